The van der Waals surface area contributed by atoms with Gasteiger partial charge in [-0.1, -0.05) is 18.2 Å². The quantitative estimate of drug-likeness (QED) is 0.666. The van der Waals surface area contributed by atoms with Crippen molar-refractivity contribution in [3.05, 3.63) is 48.4 Å². The van der Waals surface area contributed by atoms with Crippen LogP contribution in [0.1, 0.15) is 18.4 Å². The molecule has 2 aromatic rings. The van der Waals surface area contributed by atoms with Gasteiger partial charge in [-0.05, 0) is 24.5 Å². The van der Waals surface area contributed by atoms with Gasteiger partial charge in [0.2, 0.25) is 11.8 Å². The fraction of sp³-hybridized carbons (Fsp3) is 0.333. The highest BCUT2D eigenvalue weighted by Crippen LogP contribution is 2.27. The van der Waals surface area contributed by atoms with Crippen LogP contribution >= 0.6 is 0 Å². The lowest BCUT2D eigenvalue weighted by Gasteiger charge is -2.24. The van der Waals surface area contributed by atoms with Crippen LogP contribution in [0.5, 0.6) is 0 Å². The number of amides is 2. The van der Waals surface area contributed by atoms with Crippen molar-refractivity contribution in [2.45, 2.75) is 19.3 Å². The number of carbonyl (C=O) groups excluding carboxylic acids is 2. The van der Waals surface area contributed by atoms with Crippen molar-refractivity contribution in [2.75, 3.05) is 23.7 Å². The Kier molecular flexibility index (Phi) is 5.56. The van der Waals surface area contributed by atoms with Gasteiger partial charge in [-0.15, -0.1) is 0 Å². The molecule has 7 nitrogen and oxygen atoms in total. The van der Waals surface area contributed by atoms with E-state index in [1.807, 2.05) is 24.3 Å². The number of rotatable bonds is 7. The maximum absolute atomic E-state index is 12.1. The number of carbonyl (C=O) groups is 2. The van der Waals surface area contributed by atoms with E-state index in [-0.39, 0.29) is 17.7 Å². The second-order valence-corrected chi connectivity index (χ2v) is 5.95. The van der Waals surface area contributed by atoms with E-state index < -0.39 is 0 Å². The molecule has 1 aromatic heterocycles. The lowest BCUT2D eigenvalue weighted by atomic mass is 9.89. The van der Waals surface area contributed by atoms with E-state index in [2.05, 4.69) is 25.9 Å². The van der Waals surface area contributed by atoms with Crippen LogP contribution in [0.15, 0.2) is 42.9 Å². The summed E-state index contributed by atoms with van der Waals surface area (Å²) >= 11 is 0. The van der Waals surface area contributed by atoms with Gasteiger partial charge in [0.1, 0.15) is 5.82 Å². The maximum Gasteiger partial charge on any atom is 0.227 e. The largest absolute Gasteiger partial charge is 0.367 e. The zero-order valence-corrected chi connectivity index (χ0v) is 13.9. The number of para-hydroxylation sites is 1. The first-order valence-corrected chi connectivity index (χ1v) is 8.38. The Hall–Kier alpha value is -2.96. The second kappa shape index (κ2) is 8.23. The average molecular weight is 339 g/mol. The van der Waals surface area contributed by atoms with Gasteiger partial charge in [-0.25, -0.2) is 4.98 Å². The van der Waals surface area contributed by atoms with Crippen molar-refractivity contribution in [3.8, 4) is 0 Å². The van der Waals surface area contributed by atoms with Gasteiger partial charge in [-0.2, -0.15) is 0 Å². The topological polar surface area (TPSA) is 96.0 Å². The zero-order valence-electron chi connectivity index (χ0n) is 13.9. The van der Waals surface area contributed by atoms with E-state index in [0.29, 0.717) is 38.2 Å². The first-order valence-electron chi connectivity index (χ1n) is 8.38. The van der Waals surface area contributed by atoms with Gasteiger partial charge < -0.3 is 16.0 Å². The summed E-state index contributed by atoms with van der Waals surface area (Å²) in [7, 11) is 0. The molecule has 1 atom stereocenters. The Morgan fingerprint density at radius 1 is 1.24 bits per heavy atom. The molecule has 0 spiro atoms. The Morgan fingerprint density at radius 2 is 2.12 bits per heavy atom. The molecule has 2 heterocycles. The third-order valence-corrected chi connectivity index (χ3v) is 4.15. The minimum absolute atomic E-state index is 0.00387. The van der Waals surface area contributed by atoms with E-state index in [1.165, 1.54) is 0 Å². The number of fused-ring (bicyclic) bond motifs is 1. The van der Waals surface area contributed by atoms with Crippen LogP contribution in [0.3, 0.4) is 0 Å². The lowest BCUT2D eigenvalue weighted by Crippen LogP contribution is -2.33. The van der Waals surface area contributed by atoms with Gasteiger partial charge in [0.05, 0.1) is 6.20 Å². The molecule has 1 aliphatic heterocycles. The molecule has 2 amide bonds. The minimum atomic E-state index is -0.154. The minimum Gasteiger partial charge on any atom is -0.367 e. The van der Waals surface area contributed by atoms with Crippen molar-refractivity contribution in [3.63, 3.8) is 0 Å². The molecule has 0 bridgehead atoms. The standard InChI is InChI=1S/C18H21N5O2/c24-17(22-10-9-21-16-12-19-7-8-20-16)6-5-14-11-13-3-1-2-4-15(13)23-18(14)25/h1-4,7-8,12,14H,5-6,9-11H2,(H,20,21)(H,22,24)(H,23,25)/t14-/m1/s1. The molecule has 0 saturated carbocycles. The molecule has 3 rings (SSSR count). The molecule has 130 valence electrons. The SMILES string of the molecule is O=C(CC[C@@H]1Cc2ccccc2NC1=O)NCCNc1cnccn1. The Morgan fingerprint density at radius 3 is 2.96 bits per heavy atom. The number of aromatic nitrogens is 2. The summed E-state index contributed by atoms with van der Waals surface area (Å²) in [5.74, 6) is 0.469. The van der Waals surface area contributed by atoms with Crippen LogP contribution < -0.4 is 16.0 Å². The Bertz CT molecular complexity index is 735. The third kappa shape index (κ3) is 4.76. The number of nitrogens with zero attached hydrogens (tertiary/aromatic N) is 2. The molecular formula is C18H21N5O2. The van der Waals surface area contributed by atoms with Gasteiger partial charge in [0, 0.05) is 43.5 Å². The summed E-state index contributed by atoms with van der Waals surface area (Å²) in [4.78, 5) is 32.1. The predicted octanol–water partition coefficient (Wildman–Crippen LogP) is 1.60. The molecule has 3 N–H and O–H groups in total. The Labute approximate surface area is 146 Å². The molecule has 0 radical (unpaired) electrons. The lowest BCUT2D eigenvalue weighted by molar-refractivity contribution is -0.122. The van der Waals surface area contributed by atoms with E-state index >= 15 is 0 Å². The first kappa shape index (κ1) is 16.9. The average Bonchev–Trinajstić information content (AvgIpc) is 2.64. The highest BCUT2D eigenvalue weighted by atomic mass is 16.2. The monoisotopic (exact) mass is 339 g/mol. The summed E-state index contributed by atoms with van der Waals surface area (Å²) in [5.41, 5.74) is 2.00. The fourth-order valence-corrected chi connectivity index (χ4v) is 2.82. The summed E-state index contributed by atoms with van der Waals surface area (Å²) in [6, 6.07) is 7.78. The van der Waals surface area contributed by atoms with Crippen LogP contribution in [0.2, 0.25) is 0 Å². The van der Waals surface area contributed by atoms with Crippen molar-refractivity contribution >= 4 is 23.3 Å². The molecule has 0 unspecified atom stereocenters. The van der Waals surface area contributed by atoms with Crippen LogP contribution in [-0.4, -0.2) is 34.9 Å². The third-order valence-electron chi connectivity index (χ3n) is 4.15. The van der Waals surface area contributed by atoms with E-state index in [9.17, 15) is 9.59 Å². The summed E-state index contributed by atoms with van der Waals surface area (Å²) in [5, 5.41) is 8.83. The van der Waals surface area contributed by atoms with Crippen LogP contribution in [0, 0.1) is 5.92 Å². The number of hydrogen-bond acceptors (Lipinski definition) is 5. The molecule has 1 aliphatic rings. The summed E-state index contributed by atoms with van der Waals surface area (Å²) in [6.07, 6.45) is 6.40. The number of nitrogens with one attached hydrogen (secondary N) is 3. The highest BCUT2D eigenvalue weighted by Gasteiger charge is 2.26. The predicted molar refractivity (Wildman–Crippen MR) is 95.0 cm³/mol. The van der Waals surface area contributed by atoms with Gasteiger partial charge in [0.25, 0.3) is 0 Å². The fourth-order valence-electron chi connectivity index (χ4n) is 2.82. The molecule has 0 saturated heterocycles. The second-order valence-electron chi connectivity index (χ2n) is 5.95. The molecule has 25 heavy (non-hydrogen) atoms. The summed E-state index contributed by atoms with van der Waals surface area (Å²) in [6.45, 7) is 1.07. The van der Waals surface area contributed by atoms with Gasteiger partial charge >= 0.3 is 0 Å². The number of benzene rings is 1. The van der Waals surface area contributed by atoms with Crippen LogP contribution in [-0.2, 0) is 16.0 Å². The first-order chi connectivity index (χ1) is 12.2. The number of anilines is 2. The molecule has 0 fully saturated rings. The molecular weight excluding hydrogens is 318 g/mol. The van der Waals surface area contributed by atoms with E-state index in [4.69, 9.17) is 0 Å². The van der Waals surface area contributed by atoms with Gasteiger partial charge in [-0.3, -0.25) is 14.6 Å². The van der Waals surface area contributed by atoms with Gasteiger partial charge in [0.15, 0.2) is 0 Å². The molecule has 0 aliphatic carbocycles. The van der Waals surface area contributed by atoms with E-state index in [0.717, 1.165) is 11.3 Å². The normalized spacial score (nSPS) is 15.8. The molecule has 1 aromatic carbocycles. The van der Waals surface area contributed by atoms with Crippen LogP contribution in [0.4, 0.5) is 11.5 Å². The van der Waals surface area contributed by atoms with Crippen LogP contribution in [0.25, 0.3) is 0 Å². The van der Waals surface area contributed by atoms with E-state index in [1.54, 1.807) is 18.6 Å². The summed E-state index contributed by atoms with van der Waals surface area (Å²) < 4.78 is 0. The number of hydrogen-bond donors (Lipinski definition) is 3. The zero-order chi connectivity index (χ0) is 17.5. The Balaban J connectivity index is 1.37. The highest BCUT2D eigenvalue weighted by molar-refractivity contribution is 5.96. The smallest absolute Gasteiger partial charge is 0.227 e. The van der Waals surface area contributed by atoms with Crippen molar-refractivity contribution in [2.24, 2.45) is 5.92 Å². The van der Waals surface area contributed by atoms with Crippen molar-refractivity contribution in [1.82, 2.24) is 15.3 Å². The maximum atomic E-state index is 12.1. The van der Waals surface area contributed by atoms with Crippen molar-refractivity contribution in [1.29, 1.82) is 0 Å². The molecule has 7 heteroatoms. The van der Waals surface area contributed by atoms with Crippen molar-refractivity contribution < 1.29 is 9.59 Å².